The van der Waals surface area contributed by atoms with Crippen molar-refractivity contribution in [3.05, 3.63) is 17.6 Å². The molecule has 0 saturated heterocycles. The first-order valence-corrected chi connectivity index (χ1v) is 4.49. The molecule has 0 fully saturated rings. The van der Waals surface area contributed by atoms with Crippen LogP contribution in [0, 0.1) is 6.92 Å². The summed E-state index contributed by atoms with van der Waals surface area (Å²) in [6.45, 7) is 3.30. The van der Waals surface area contributed by atoms with Crippen LogP contribution in [0.5, 0.6) is 0 Å². The van der Waals surface area contributed by atoms with Gasteiger partial charge in [-0.25, -0.2) is 14.8 Å². The maximum atomic E-state index is 10.8. The first-order valence-electron chi connectivity index (χ1n) is 4.49. The average molecular weight is 211 g/mol. The summed E-state index contributed by atoms with van der Waals surface area (Å²) in [4.78, 5) is 18.6. The summed E-state index contributed by atoms with van der Waals surface area (Å²) in [7, 11) is 0. The second-order valence-electron chi connectivity index (χ2n) is 3.21. The Hall–Kier alpha value is -1.69. The Balaban J connectivity index is 3.02. The SMILES string of the molecule is Cc1ncc(C(=O)O)c(NC(C)CO)n1. The van der Waals surface area contributed by atoms with Crippen LogP contribution in [0.15, 0.2) is 6.20 Å². The molecule has 82 valence electrons. The van der Waals surface area contributed by atoms with E-state index in [2.05, 4.69) is 15.3 Å². The minimum atomic E-state index is -1.09. The highest BCUT2D eigenvalue weighted by molar-refractivity contribution is 5.92. The van der Waals surface area contributed by atoms with Crippen molar-refractivity contribution >= 4 is 11.8 Å². The Morgan fingerprint density at radius 1 is 1.67 bits per heavy atom. The number of carboxylic acid groups (broad SMARTS) is 1. The van der Waals surface area contributed by atoms with Crippen LogP contribution < -0.4 is 5.32 Å². The number of nitrogens with one attached hydrogen (secondary N) is 1. The highest BCUT2D eigenvalue weighted by Crippen LogP contribution is 2.12. The normalized spacial score (nSPS) is 12.2. The minimum Gasteiger partial charge on any atom is -0.477 e. The Labute approximate surface area is 87.0 Å². The van der Waals surface area contributed by atoms with E-state index >= 15 is 0 Å². The van der Waals surface area contributed by atoms with E-state index in [0.29, 0.717) is 5.82 Å². The zero-order chi connectivity index (χ0) is 11.4. The van der Waals surface area contributed by atoms with Gasteiger partial charge in [-0.1, -0.05) is 0 Å². The van der Waals surface area contributed by atoms with Gasteiger partial charge in [-0.05, 0) is 13.8 Å². The lowest BCUT2D eigenvalue weighted by atomic mass is 10.2. The van der Waals surface area contributed by atoms with Gasteiger partial charge in [0, 0.05) is 12.2 Å². The fourth-order valence-corrected chi connectivity index (χ4v) is 1.02. The number of aryl methyl sites for hydroxylation is 1. The van der Waals surface area contributed by atoms with Crippen molar-refractivity contribution in [2.75, 3.05) is 11.9 Å². The number of rotatable bonds is 4. The first kappa shape index (κ1) is 11.4. The molecule has 3 N–H and O–H groups in total. The predicted molar refractivity (Wildman–Crippen MR) is 53.9 cm³/mol. The number of nitrogens with zero attached hydrogens (tertiary/aromatic N) is 2. The van der Waals surface area contributed by atoms with Gasteiger partial charge in [0.15, 0.2) is 0 Å². The Bertz CT molecular complexity index is 368. The van der Waals surface area contributed by atoms with E-state index in [1.54, 1.807) is 13.8 Å². The van der Waals surface area contributed by atoms with Crippen molar-refractivity contribution in [1.82, 2.24) is 9.97 Å². The van der Waals surface area contributed by atoms with Crippen molar-refractivity contribution in [3.63, 3.8) is 0 Å². The Morgan fingerprint density at radius 3 is 2.87 bits per heavy atom. The van der Waals surface area contributed by atoms with Gasteiger partial charge >= 0.3 is 5.97 Å². The van der Waals surface area contributed by atoms with Crippen LogP contribution in [0.25, 0.3) is 0 Å². The number of carboxylic acids is 1. The number of aromatic nitrogens is 2. The third-order valence-corrected chi connectivity index (χ3v) is 1.80. The fourth-order valence-electron chi connectivity index (χ4n) is 1.02. The van der Waals surface area contributed by atoms with Gasteiger partial charge in [-0.3, -0.25) is 0 Å². The van der Waals surface area contributed by atoms with Crippen molar-refractivity contribution < 1.29 is 15.0 Å². The van der Waals surface area contributed by atoms with Crippen LogP contribution in [0.2, 0.25) is 0 Å². The molecule has 0 aliphatic rings. The fraction of sp³-hybridized carbons (Fsp3) is 0.444. The Morgan fingerprint density at radius 2 is 2.33 bits per heavy atom. The molecule has 0 aromatic carbocycles. The number of hydrogen-bond acceptors (Lipinski definition) is 5. The van der Waals surface area contributed by atoms with Crippen LogP contribution in [-0.2, 0) is 0 Å². The van der Waals surface area contributed by atoms with Gasteiger partial charge in [-0.15, -0.1) is 0 Å². The van der Waals surface area contributed by atoms with Gasteiger partial charge in [-0.2, -0.15) is 0 Å². The number of anilines is 1. The molecule has 0 spiro atoms. The van der Waals surface area contributed by atoms with E-state index in [1.807, 2.05) is 0 Å². The third-order valence-electron chi connectivity index (χ3n) is 1.80. The average Bonchev–Trinajstić information content (AvgIpc) is 2.17. The van der Waals surface area contributed by atoms with Gasteiger partial charge < -0.3 is 15.5 Å². The standard InChI is InChI=1S/C9H13N3O3/c1-5(4-13)11-8-7(9(14)15)3-10-6(2)12-8/h3,5,13H,4H2,1-2H3,(H,14,15)(H,10,11,12). The maximum absolute atomic E-state index is 10.8. The molecule has 1 rings (SSSR count). The van der Waals surface area contributed by atoms with Crippen LogP contribution >= 0.6 is 0 Å². The molecular formula is C9H13N3O3. The summed E-state index contributed by atoms with van der Waals surface area (Å²) in [6.07, 6.45) is 1.25. The molecule has 1 unspecified atom stereocenters. The number of hydrogen-bond donors (Lipinski definition) is 3. The number of aromatic carboxylic acids is 1. The molecule has 1 aromatic heterocycles. The second-order valence-corrected chi connectivity index (χ2v) is 3.21. The van der Waals surface area contributed by atoms with E-state index in [-0.39, 0.29) is 24.0 Å². The molecule has 1 aromatic rings. The van der Waals surface area contributed by atoms with E-state index in [9.17, 15) is 4.79 Å². The molecule has 0 amide bonds. The van der Waals surface area contributed by atoms with E-state index in [0.717, 1.165) is 0 Å². The number of aliphatic hydroxyl groups excluding tert-OH is 1. The van der Waals surface area contributed by atoms with E-state index in [4.69, 9.17) is 10.2 Å². The molecule has 0 aliphatic carbocycles. The smallest absolute Gasteiger partial charge is 0.341 e. The Kier molecular flexibility index (Phi) is 3.56. The summed E-state index contributed by atoms with van der Waals surface area (Å²) in [5.41, 5.74) is 0.000833. The van der Waals surface area contributed by atoms with Crippen molar-refractivity contribution in [2.24, 2.45) is 0 Å². The molecule has 6 heteroatoms. The largest absolute Gasteiger partial charge is 0.477 e. The van der Waals surface area contributed by atoms with Crippen molar-refractivity contribution in [1.29, 1.82) is 0 Å². The van der Waals surface area contributed by atoms with Gasteiger partial charge in [0.2, 0.25) is 0 Å². The lowest BCUT2D eigenvalue weighted by Crippen LogP contribution is -2.22. The minimum absolute atomic E-state index is 0.000833. The molecule has 0 bridgehead atoms. The zero-order valence-corrected chi connectivity index (χ0v) is 8.56. The topological polar surface area (TPSA) is 95.3 Å². The second kappa shape index (κ2) is 4.70. The summed E-state index contributed by atoms with van der Waals surface area (Å²) in [5.74, 6) is -0.383. The van der Waals surface area contributed by atoms with Crippen molar-refractivity contribution in [2.45, 2.75) is 19.9 Å². The van der Waals surface area contributed by atoms with Crippen molar-refractivity contribution in [3.8, 4) is 0 Å². The summed E-state index contributed by atoms with van der Waals surface area (Å²) in [6, 6.07) is -0.252. The summed E-state index contributed by atoms with van der Waals surface area (Å²) >= 11 is 0. The van der Waals surface area contributed by atoms with Crippen LogP contribution in [0.4, 0.5) is 5.82 Å². The quantitative estimate of drug-likeness (QED) is 0.662. The summed E-state index contributed by atoms with van der Waals surface area (Å²) in [5, 5.41) is 20.5. The van der Waals surface area contributed by atoms with Crippen LogP contribution in [0.3, 0.4) is 0 Å². The zero-order valence-electron chi connectivity index (χ0n) is 8.56. The van der Waals surface area contributed by atoms with Gasteiger partial charge in [0.1, 0.15) is 17.2 Å². The number of aliphatic hydroxyl groups is 1. The molecule has 6 nitrogen and oxygen atoms in total. The molecule has 15 heavy (non-hydrogen) atoms. The van der Waals surface area contributed by atoms with Gasteiger partial charge in [0.25, 0.3) is 0 Å². The van der Waals surface area contributed by atoms with Gasteiger partial charge in [0.05, 0.1) is 6.61 Å². The van der Waals surface area contributed by atoms with E-state index < -0.39 is 5.97 Å². The predicted octanol–water partition coefficient (Wildman–Crippen LogP) is 0.276. The molecule has 0 radical (unpaired) electrons. The molecule has 1 heterocycles. The van der Waals surface area contributed by atoms with Crippen LogP contribution in [0.1, 0.15) is 23.1 Å². The number of carbonyl (C=O) groups is 1. The van der Waals surface area contributed by atoms with Crippen LogP contribution in [-0.4, -0.2) is 38.8 Å². The monoisotopic (exact) mass is 211 g/mol. The lowest BCUT2D eigenvalue weighted by Gasteiger charge is -2.13. The molecular weight excluding hydrogens is 198 g/mol. The third kappa shape index (κ3) is 2.88. The molecule has 1 atom stereocenters. The maximum Gasteiger partial charge on any atom is 0.341 e. The first-order chi connectivity index (χ1) is 7.04. The summed E-state index contributed by atoms with van der Waals surface area (Å²) < 4.78 is 0. The highest BCUT2D eigenvalue weighted by atomic mass is 16.4. The molecule has 0 aliphatic heterocycles. The highest BCUT2D eigenvalue weighted by Gasteiger charge is 2.13. The molecule has 0 saturated carbocycles. The van der Waals surface area contributed by atoms with E-state index in [1.165, 1.54) is 6.20 Å². The lowest BCUT2D eigenvalue weighted by molar-refractivity contribution is 0.0697.